The number of aromatic nitrogens is 1. The number of ether oxygens (including phenoxy) is 1. The molecular formula is C24H25FN2O3. The second kappa shape index (κ2) is 9.87. The molecule has 1 heterocycles. The second-order valence-electron chi connectivity index (χ2n) is 7.00. The first-order valence-electron chi connectivity index (χ1n) is 9.94. The van der Waals surface area contributed by atoms with Crippen LogP contribution in [-0.2, 0) is 13.1 Å². The van der Waals surface area contributed by atoms with Crippen LogP contribution < -0.4 is 15.6 Å². The van der Waals surface area contributed by atoms with Crippen molar-refractivity contribution >= 4 is 5.91 Å². The van der Waals surface area contributed by atoms with Gasteiger partial charge in [0, 0.05) is 30.4 Å². The molecule has 0 aliphatic rings. The molecule has 0 fully saturated rings. The molecule has 1 N–H and O–H groups in total. The predicted molar refractivity (Wildman–Crippen MR) is 115 cm³/mol. The third kappa shape index (κ3) is 4.95. The lowest BCUT2D eigenvalue weighted by molar-refractivity contribution is 0.0948. The number of aryl methyl sites for hydroxylation is 1. The van der Waals surface area contributed by atoms with Crippen LogP contribution in [0.2, 0.25) is 0 Å². The van der Waals surface area contributed by atoms with Crippen LogP contribution in [0, 0.1) is 5.82 Å². The van der Waals surface area contributed by atoms with Crippen LogP contribution in [0.25, 0.3) is 11.1 Å². The standard InChI is InChI=1S/C24H25FN2O3/c1-3-4-13-27-16-18(20-7-5-6-8-22(20)30-2)14-21(24(27)29)23(28)26-15-17-9-11-19(25)12-10-17/h5-12,14,16H,3-4,13,15H2,1-2H3,(H,26,28). The Morgan fingerprint density at radius 3 is 2.57 bits per heavy atom. The van der Waals surface area contributed by atoms with Crippen molar-refractivity contribution in [1.29, 1.82) is 0 Å². The molecule has 0 radical (unpaired) electrons. The summed E-state index contributed by atoms with van der Waals surface area (Å²) in [6.45, 7) is 2.77. The van der Waals surface area contributed by atoms with Crippen molar-refractivity contribution in [3.8, 4) is 16.9 Å². The van der Waals surface area contributed by atoms with Gasteiger partial charge in [-0.15, -0.1) is 0 Å². The zero-order valence-corrected chi connectivity index (χ0v) is 17.2. The molecule has 1 aromatic heterocycles. The van der Waals surface area contributed by atoms with Crippen LogP contribution in [-0.4, -0.2) is 17.6 Å². The summed E-state index contributed by atoms with van der Waals surface area (Å²) in [5.41, 5.74) is 2.01. The molecule has 6 heteroatoms. The maximum absolute atomic E-state index is 13.1. The molecule has 5 nitrogen and oxygen atoms in total. The van der Waals surface area contributed by atoms with E-state index in [1.807, 2.05) is 31.2 Å². The number of unbranched alkanes of at least 4 members (excludes halogenated alkanes) is 1. The molecule has 0 unspecified atom stereocenters. The molecule has 3 aromatic rings. The summed E-state index contributed by atoms with van der Waals surface area (Å²) in [4.78, 5) is 25.8. The van der Waals surface area contributed by atoms with E-state index in [0.29, 0.717) is 12.3 Å². The van der Waals surface area contributed by atoms with Gasteiger partial charge in [0.25, 0.3) is 11.5 Å². The average molecular weight is 408 g/mol. The largest absolute Gasteiger partial charge is 0.496 e. The van der Waals surface area contributed by atoms with E-state index in [-0.39, 0.29) is 23.5 Å². The quantitative estimate of drug-likeness (QED) is 0.601. The maximum atomic E-state index is 13.1. The number of pyridine rings is 1. The number of carbonyl (C=O) groups is 1. The van der Waals surface area contributed by atoms with Gasteiger partial charge in [-0.2, -0.15) is 0 Å². The topological polar surface area (TPSA) is 60.3 Å². The fourth-order valence-corrected chi connectivity index (χ4v) is 3.20. The Balaban J connectivity index is 1.96. The number of nitrogens with zero attached hydrogens (tertiary/aromatic N) is 1. The number of hydrogen-bond acceptors (Lipinski definition) is 3. The van der Waals surface area contributed by atoms with E-state index in [4.69, 9.17) is 4.74 Å². The Morgan fingerprint density at radius 1 is 1.13 bits per heavy atom. The number of para-hydroxylation sites is 1. The molecule has 2 aromatic carbocycles. The van der Waals surface area contributed by atoms with Crippen molar-refractivity contribution in [2.24, 2.45) is 0 Å². The molecule has 156 valence electrons. The van der Waals surface area contributed by atoms with Gasteiger partial charge in [0.15, 0.2) is 0 Å². The smallest absolute Gasteiger partial charge is 0.263 e. The lowest BCUT2D eigenvalue weighted by Crippen LogP contribution is -2.33. The molecule has 0 saturated heterocycles. The first-order chi connectivity index (χ1) is 14.5. The number of methoxy groups -OCH3 is 1. The summed E-state index contributed by atoms with van der Waals surface area (Å²) in [7, 11) is 1.59. The first kappa shape index (κ1) is 21.3. The SMILES string of the molecule is CCCCn1cc(-c2ccccc2OC)cc(C(=O)NCc2ccc(F)cc2)c1=O. The van der Waals surface area contributed by atoms with Gasteiger partial charge in [0.2, 0.25) is 0 Å². The van der Waals surface area contributed by atoms with Crippen LogP contribution in [0.5, 0.6) is 5.75 Å². The lowest BCUT2D eigenvalue weighted by Gasteiger charge is -2.14. The van der Waals surface area contributed by atoms with Crippen LogP contribution in [0.1, 0.15) is 35.7 Å². The minimum atomic E-state index is -0.466. The first-order valence-corrected chi connectivity index (χ1v) is 9.94. The number of carbonyl (C=O) groups excluding carboxylic acids is 1. The predicted octanol–water partition coefficient (Wildman–Crippen LogP) is 4.39. The van der Waals surface area contributed by atoms with Gasteiger partial charge in [-0.05, 0) is 36.2 Å². The summed E-state index contributed by atoms with van der Waals surface area (Å²) in [5.74, 6) is -0.143. The molecular weight excluding hydrogens is 383 g/mol. The summed E-state index contributed by atoms with van der Waals surface area (Å²) in [6.07, 6.45) is 3.52. The Kier molecular flexibility index (Phi) is 7.01. The van der Waals surface area contributed by atoms with Crippen LogP contribution in [0.3, 0.4) is 0 Å². The van der Waals surface area contributed by atoms with Crippen molar-refractivity contribution in [2.75, 3.05) is 7.11 Å². The highest BCUT2D eigenvalue weighted by molar-refractivity contribution is 5.95. The van der Waals surface area contributed by atoms with Crippen molar-refractivity contribution in [2.45, 2.75) is 32.9 Å². The molecule has 0 spiro atoms. The zero-order valence-electron chi connectivity index (χ0n) is 17.2. The Hall–Kier alpha value is -3.41. The Bertz CT molecular complexity index is 1070. The number of rotatable bonds is 8. The third-order valence-corrected chi connectivity index (χ3v) is 4.87. The van der Waals surface area contributed by atoms with E-state index in [1.54, 1.807) is 36.1 Å². The molecule has 0 bridgehead atoms. The Morgan fingerprint density at radius 2 is 1.87 bits per heavy atom. The van der Waals surface area contributed by atoms with Gasteiger partial charge < -0.3 is 14.6 Å². The second-order valence-corrected chi connectivity index (χ2v) is 7.00. The van der Waals surface area contributed by atoms with Crippen molar-refractivity contribution in [3.05, 3.63) is 88.1 Å². The lowest BCUT2D eigenvalue weighted by atomic mass is 10.0. The van der Waals surface area contributed by atoms with Gasteiger partial charge >= 0.3 is 0 Å². The molecule has 1 amide bonds. The minimum absolute atomic E-state index is 0.0663. The normalized spacial score (nSPS) is 10.6. The molecule has 0 saturated carbocycles. The highest BCUT2D eigenvalue weighted by Crippen LogP contribution is 2.29. The average Bonchev–Trinajstić information content (AvgIpc) is 2.77. The monoisotopic (exact) mass is 408 g/mol. The van der Waals surface area contributed by atoms with E-state index >= 15 is 0 Å². The van der Waals surface area contributed by atoms with Gasteiger partial charge in [-0.3, -0.25) is 9.59 Å². The fourth-order valence-electron chi connectivity index (χ4n) is 3.20. The molecule has 0 aliphatic carbocycles. The van der Waals surface area contributed by atoms with Crippen molar-refractivity contribution < 1.29 is 13.9 Å². The minimum Gasteiger partial charge on any atom is -0.496 e. The Labute approximate surface area is 175 Å². The van der Waals surface area contributed by atoms with Gasteiger partial charge in [0.05, 0.1) is 7.11 Å². The molecule has 0 atom stereocenters. The number of amides is 1. The van der Waals surface area contributed by atoms with Gasteiger partial charge in [0.1, 0.15) is 17.1 Å². The summed E-state index contributed by atoms with van der Waals surface area (Å²) >= 11 is 0. The van der Waals surface area contributed by atoms with E-state index < -0.39 is 5.91 Å². The summed E-state index contributed by atoms with van der Waals surface area (Å²) in [6, 6.07) is 14.9. The third-order valence-electron chi connectivity index (χ3n) is 4.87. The number of benzene rings is 2. The van der Waals surface area contributed by atoms with E-state index in [9.17, 15) is 14.0 Å². The van der Waals surface area contributed by atoms with E-state index in [0.717, 1.165) is 29.5 Å². The van der Waals surface area contributed by atoms with Gasteiger partial charge in [-0.25, -0.2) is 4.39 Å². The van der Waals surface area contributed by atoms with Crippen LogP contribution >= 0.6 is 0 Å². The highest BCUT2D eigenvalue weighted by Gasteiger charge is 2.16. The molecule has 0 aliphatic heterocycles. The number of nitrogens with one attached hydrogen (secondary N) is 1. The van der Waals surface area contributed by atoms with E-state index in [1.165, 1.54) is 12.1 Å². The van der Waals surface area contributed by atoms with E-state index in [2.05, 4.69) is 5.32 Å². The summed E-state index contributed by atoms with van der Waals surface area (Å²) < 4.78 is 20.1. The number of hydrogen-bond donors (Lipinski definition) is 1. The zero-order chi connectivity index (χ0) is 21.5. The number of halogens is 1. The molecule has 30 heavy (non-hydrogen) atoms. The van der Waals surface area contributed by atoms with Crippen LogP contribution in [0.4, 0.5) is 4.39 Å². The molecule has 3 rings (SSSR count). The van der Waals surface area contributed by atoms with Crippen molar-refractivity contribution in [1.82, 2.24) is 9.88 Å². The van der Waals surface area contributed by atoms with Crippen LogP contribution in [0.15, 0.2) is 65.6 Å². The van der Waals surface area contributed by atoms with Crippen molar-refractivity contribution in [3.63, 3.8) is 0 Å². The van der Waals surface area contributed by atoms with Gasteiger partial charge in [-0.1, -0.05) is 43.7 Å². The highest BCUT2D eigenvalue weighted by atomic mass is 19.1. The fraction of sp³-hybridized carbons (Fsp3) is 0.250. The summed E-state index contributed by atoms with van der Waals surface area (Å²) in [5, 5.41) is 2.76. The maximum Gasteiger partial charge on any atom is 0.263 e.